The molecule has 0 spiro atoms. The molecule has 7 heteroatoms. The van der Waals surface area contributed by atoms with Gasteiger partial charge in [-0.25, -0.2) is 21.6 Å². The van der Waals surface area contributed by atoms with Crippen molar-refractivity contribution in [2.75, 3.05) is 18.8 Å². The van der Waals surface area contributed by atoms with Crippen LogP contribution in [0.5, 0.6) is 0 Å². The van der Waals surface area contributed by atoms with E-state index in [1.165, 1.54) is 0 Å². The van der Waals surface area contributed by atoms with Crippen LogP contribution in [0.15, 0.2) is 12.1 Å². The van der Waals surface area contributed by atoms with E-state index < -0.39 is 32.5 Å². The van der Waals surface area contributed by atoms with E-state index in [4.69, 9.17) is 0 Å². The first-order valence-corrected chi connectivity index (χ1v) is 7.18. The van der Waals surface area contributed by atoms with E-state index in [0.717, 1.165) is 12.1 Å². The first kappa shape index (κ1) is 13.4. The van der Waals surface area contributed by atoms with Gasteiger partial charge in [0, 0.05) is 13.1 Å². The number of halogens is 3. The lowest BCUT2D eigenvalue weighted by Crippen LogP contribution is -2.45. The van der Waals surface area contributed by atoms with Crippen LogP contribution in [0, 0.1) is 17.5 Å². The number of sulfone groups is 1. The van der Waals surface area contributed by atoms with E-state index in [1.54, 1.807) is 0 Å². The first-order valence-electron chi connectivity index (χ1n) is 5.46. The monoisotopic (exact) mass is 279 g/mol. The molecule has 0 aliphatic carbocycles. The SMILES string of the molecule is O=S1(=O)CCNCC1Cc1ccc(F)c(F)c1F. The maximum Gasteiger partial charge on any atom is 0.194 e. The summed E-state index contributed by atoms with van der Waals surface area (Å²) in [6.07, 6.45) is -0.154. The maximum absolute atomic E-state index is 13.4. The van der Waals surface area contributed by atoms with Crippen molar-refractivity contribution in [2.45, 2.75) is 11.7 Å². The summed E-state index contributed by atoms with van der Waals surface area (Å²) in [6, 6.07) is 1.88. The van der Waals surface area contributed by atoms with Crippen LogP contribution in [0.25, 0.3) is 0 Å². The summed E-state index contributed by atoms with van der Waals surface area (Å²) in [5.74, 6) is -4.17. The van der Waals surface area contributed by atoms with Crippen LogP contribution in [0.2, 0.25) is 0 Å². The van der Waals surface area contributed by atoms with Crippen LogP contribution in [0.3, 0.4) is 0 Å². The molecule has 0 aromatic heterocycles. The molecule has 0 amide bonds. The Morgan fingerprint density at radius 1 is 1.22 bits per heavy atom. The Labute approximate surface area is 103 Å². The summed E-state index contributed by atoms with van der Waals surface area (Å²) in [6.45, 7) is 0.555. The summed E-state index contributed by atoms with van der Waals surface area (Å²) in [5.41, 5.74) is -0.119. The fraction of sp³-hybridized carbons (Fsp3) is 0.455. The largest absolute Gasteiger partial charge is 0.314 e. The average molecular weight is 279 g/mol. The lowest BCUT2D eigenvalue weighted by atomic mass is 10.1. The number of nitrogens with one attached hydrogen (secondary N) is 1. The minimum Gasteiger partial charge on any atom is -0.314 e. The van der Waals surface area contributed by atoms with Gasteiger partial charge in [0.25, 0.3) is 0 Å². The summed E-state index contributed by atoms with van der Waals surface area (Å²) in [5, 5.41) is 2.09. The van der Waals surface area contributed by atoms with Gasteiger partial charge in [-0.1, -0.05) is 6.07 Å². The second-order valence-corrected chi connectivity index (χ2v) is 6.63. The van der Waals surface area contributed by atoms with Crippen molar-refractivity contribution in [1.29, 1.82) is 0 Å². The van der Waals surface area contributed by atoms with Crippen molar-refractivity contribution < 1.29 is 21.6 Å². The standard InChI is InChI=1S/C11H12F3NO2S/c12-9-2-1-7(10(13)11(9)14)5-8-6-15-3-4-18(8,16)17/h1-2,8,15H,3-6H2. The second-order valence-electron chi connectivity index (χ2n) is 4.23. The van der Waals surface area contributed by atoms with E-state index in [1.807, 2.05) is 0 Å². The Morgan fingerprint density at radius 3 is 2.61 bits per heavy atom. The molecule has 100 valence electrons. The Hall–Kier alpha value is -1.08. The summed E-state index contributed by atoms with van der Waals surface area (Å²) >= 11 is 0. The topological polar surface area (TPSA) is 46.2 Å². The van der Waals surface area contributed by atoms with Gasteiger partial charge in [-0.3, -0.25) is 0 Å². The zero-order valence-electron chi connectivity index (χ0n) is 9.42. The predicted octanol–water partition coefficient (Wildman–Crippen LogP) is 1.03. The number of hydrogen-bond donors (Lipinski definition) is 1. The van der Waals surface area contributed by atoms with Crippen LogP contribution in [0.1, 0.15) is 5.56 Å². The average Bonchev–Trinajstić information content (AvgIpc) is 2.32. The summed E-state index contributed by atoms with van der Waals surface area (Å²) in [7, 11) is -3.31. The minimum absolute atomic E-state index is 0.0248. The molecule has 1 heterocycles. The highest BCUT2D eigenvalue weighted by molar-refractivity contribution is 7.92. The molecule has 1 saturated heterocycles. The molecule has 0 bridgehead atoms. The first-order chi connectivity index (χ1) is 8.42. The van der Waals surface area contributed by atoms with Crippen LogP contribution in [0.4, 0.5) is 13.2 Å². The zero-order valence-corrected chi connectivity index (χ0v) is 10.2. The molecular weight excluding hydrogens is 267 g/mol. The molecule has 1 aromatic rings. The lowest BCUT2D eigenvalue weighted by Gasteiger charge is -2.23. The van der Waals surface area contributed by atoms with Crippen molar-refractivity contribution in [3.63, 3.8) is 0 Å². The number of rotatable bonds is 2. The molecule has 1 atom stereocenters. The third-order valence-electron chi connectivity index (χ3n) is 3.01. The Balaban J connectivity index is 2.27. The molecule has 1 aliphatic heterocycles. The molecular formula is C11H12F3NO2S. The predicted molar refractivity (Wildman–Crippen MR) is 60.5 cm³/mol. The van der Waals surface area contributed by atoms with Crippen molar-refractivity contribution in [3.8, 4) is 0 Å². The summed E-state index contributed by atoms with van der Waals surface area (Å²) < 4.78 is 62.6. The molecule has 1 fully saturated rings. The van der Waals surface area contributed by atoms with Crippen molar-refractivity contribution in [1.82, 2.24) is 5.32 Å². The van der Waals surface area contributed by atoms with E-state index in [-0.39, 0.29) is 24.3 Å². The van der Waals surface area contributed by atoms with Gasteiger partial charge in [0.05, 0.1) is 11.0 Å². The highest BCUT2D eigenvalue weighted by atomic mass is 32.2. The second kappa shape index (κ2) is 4.89. The van der Waals surface area contributed by atoms with Gasteiger partial charge in [0.15, 0.2) is 27.3 Å². The van der Waals surface area contributed by atoms with Gasteiger partial charge in [-0.05, 0) is 18.1 Å². The van der Waals surface area contributed by atoms with Gasteiger partial charge in [-0.15, -0.1) is 0 Å². The zero-order chi connectivity index (χ0) is 13.3. The molecule has 0 radical (unpaired) electrons. The number of benzene rings is 1. The van der Waals surface area contributed by atoms with Gasteiger partial charge >= 0.3 is 0 Å². The van der Waals surface area contributed by atoms with Crippen LogP contribution in [-0.2, 0) is 16.3 Å². The van der Waals surface area contributed by atoms with E-state index in [0.29, 0.717) is 6.54 Å². The molecule has 18 heavy (non-hydrogen) atoms. The highest BCUT2D eigenvalue weighted by Gasteiger charge is 2.30. The normalized spacial score (nSPS) is 22.9. The smallest absolute Gasteiger partial charge is 0.194 e. The van der Waals surface area contributed by atoms with Crippen molar-refractivity contribution in [2.24, 2.45) is 0 Å². The van der Waals surface area contributed by atoms with E-state index in [2.05, 4.69) is 5.32 Å². The van der Waals surface area contributed by atoms with Crippen molar-refractivity contribution in [3.05, 3.63) is 35.1 Å². The molecule has 3 nitrogen and oxygen atoms in total. The number of hydrogen-bond acceptors (Lipinski definition) is 3. The van der Waals surface area contributed by atoms with Gasteiger partial charge in [0.2, 0.25) is 0 Å². The molecule has 2 rings (SSSR count). The Bertz CT molecular complexity index is 560. The van der Waals surface area contributed by atoms with Crippen LogP contribution < -0.4 is 5.32 Å². The lowest BCUT2D eigenvalue weighted by molar-refractivity contribution is 0.439. The third-order valence-corrected chi connectivity index (χ3v) is 5.13. The fourth-order valence-corrected chi connectivity index (χ4v) is 3.51. The Kier molecular flexibility index (Phi) is 3.63. The van der Waals surface area contributed by atoms with Crippen LogP contribution in [-0.4, -0.2) is 32.5 Å². The van der Waals surface area contributed by atoms with Gasteiger partial charge < -0.3 is 5.32 Å². The fourth-order valence-electron chi connectivity index (χ4n) is 1.94. The maximum atomic E-state index is 13.4. The molecule has 0 saturated carbocycles. The highest BCUT2D eigenvalue weighted by Crippen LogP contribution is 2.19. The molecule has 1 N–H and O–H groups in total. The minimum atomic E-state index is -3.31. The van der Waals surface area contributed by atoms with E-state index >= 15 is 0 Å². The Morgan fingerprint density at radius 2 is 1.94 bits per heavy atom. The van der Waals surface area contributed by atoms with Crippen LogP contribution >= 0.6 is 0 Å². The summed E-state index contributed by atoms with van der Waals surface area (Å²) in [4.78, 5) is 0. The van der Waals surface area contributed by atoms with Gasteiger partial charge in [0.1, 0.15) is 0 Å². The van der Waals surface area contributed by atoms with Gasteiger partial charge in [-0.2, -0.15) is 0 Å². The third kappa shape index (κ3) is 2.51. The molecule has 1 aliphatic rings. The van der Waals surface area contributed by atoms with E-state index in [9.17, 15) is 21.6 Å². The quantitative estimate of drug-likeness (QED) is 0.823. The molecule has 1 unspecified atom stereocenters. The molecule has 1 aromatic carbocycles. The van der Waals surface area contributed by atoms with Crippen molar-refractivity contribution >= 4 is 9.84 Å².